The predicted octanol–water partition coefficient (Wildman–Crippen LogP) is 0.781. The van der Waals surface area contributed by atoms with Gasteiger partial charge in [-0.25, -0.2) is 5.01 Å². The number of hydrazine groups is 1. The van der Waals surface area contributed by atoms with E-state index in [1.54, 1.807) is 0 Å². The summed E-state index contributed by atoms with van der Waals surface area (Å²) in [5.74, 6) is 0. The number of piperazine rings is 1. The third-order valence-corrected chi connectivity index (χ3v) is 2.98. The zero-order chi connectivity index (χ0) is 14.3. The molecule has 0 aromatic carbocycles. The van der Waals surface area contributed by atoms with Gasteiger partial charge in [-0.2, -0.15) is 0 Å². The second-order valence-corrected chi connectivity index (χ2v) is 4.10. The fourth-order valence-corrected chi connectivity index (χ4v) is 2.01. The van der Waals surface area contributed by atoms with Crippen LogP contribution in [0.1, 0.15) is 27.7 Å². The molecule has 0 amide bonds. The highest BCUT2D eigenvalue weighted by Crippen LogP contribution is 1.95. The van der Waals surface area contributed by atoms with Crippen molar-refractivity contribution in [2.45, 2.75) is 27.7 Å². The second-order valence-electron chi connectivity index (χ2n) is 4.10. The Morgan fingerprint density at radius 2 is 1.53 bits per heavy atom. The fourth-order valence-electron chi connectivity index (χ4n) is 2.01. The largest absolute Gasteiger partial charge is 0.379 e. The van der Waals surface area contributed by atoms with E-state index in [9.17, 15) is 0 Å². The van der Waals surface area contributed by atoms with Gasteiger partial charge in [0, 0.05) is 52.4 Å². The number of hydrogen-bond donors (Lipinski definition) is 2. The molecule has 2 aliphatic rings. The van der Waals surface area contributed by atoms with E-state index in [4.69, 9.17) is 4.74 Å². The minimum absolute atomic E-state index is 0.896. The second kappa shape index (κ2) is 14.2. The lowest BCUT2D eigenvalue weighted by Gasteiger charge is -2.30. The lowest BCUT2D eigenvalue weighted by atomic mass is 10.4. The number of rotatable bonds is 4. The summed E-state index contributed by atoms with van der Waals surface area (Å²) in [5, 5.41) is 5.66. The van der Waals surface area contributed by atoms with Crippen LogP contribution in [0.15, 0.2) is 0 Å². The first kappa shape index (κ1) is 18.8. The van der Waals surface area contributed by atoms with Gasteiger partial charge < -0.3 is 10.1 Å². The Labute approximate surface area is 119 Å². The highest BCUT2D eigenvalue weighted by atomic mass is 16.5. The third kappa shape index (κ3) is 9.35. The zero-order valence-corrected chi connectivity index (χ0v) is 13.4. The van der Waals surface area contributed by atoms with E-state index in [0.717, 1.165) is 65.6 Å². The molecule has 2 saturated heterocycles. The Kier molecular flexibility index (Phi) is 14.1. The maximum absolute atomic E-state index is 5.32. The van der Waals surface area contributed by atoms with Crippen LogP contribution < -0.4 is 10.7 Å². The molecule has 2 fully saturated rings. The molecule has 0 aromatic heterocycles. The summed E-state index contributed by atoms with van der Waals surface area (Å²) in [6, 6.07) is 0. The number of hydrogen-bond acceptors (Lipinski definition) is 5. The van der Waals surface area contributed by atoms with Crippen molar-refractivity contribution in [2.75, 3.05) is 65.6 Å². The van der Waals surface area contributed by atoms with Gasteiger partial charge in [0.2, 0.25) is 0 Å². The van der Waals surface area contributed by atoms with Gasteiger partial charge in [0.05, 0.1) is 13.2 Å². The van der Waals surface area contributed by atoms with Crippen LogP contribution >= 0.6 is 0 Å². The van der Waals surface area contributed by atoms with E-state index in [0.29, 0.717) is 0 Å². The molecule has 0 saturated carbocycles. The average molecular weight is 274 g/mol. The van der Waals surface area contributed by atoms with Crippen molar-refractivity contribution < 1.29 is 4.74 Å². The topological polar surface area (TPSA) is 39.8 Å². The quantitative estimate of drug-likeness (QED) is 0.793. The van der Waals surface area contributed by atoms with Crippen molar-refractivity contribution >= 4 is 0 Å². The van der Waals surface area contributed by atoms with Crippen LogP contribution in [0, 0.1) is 0 Å². The van der Waals surface area contributed by atoms with E-state index in [-0.39, 0.29) is 0 Å². The van der Waals surface area contributed by atoms with Gasteiger partial charge in [-0.15, -0.1) is 0 Å². The van der Waals surface area contributed by atoms with Gasteiger partial charge in [0.25, 0.3) is 0 Å². The monoisotopic (exact) mass is 274 g/mol. The van der Waals surface area contributed by atoms with Crippen molar-refractivity contribution in [3.05, 3.63) is 0 Å². The Balaban J connectivity index is 0.000000741. The molecular weight excluding hydrogens is 240 g/mol. The maximum Gasteiger partial charge on any atom is 0.0594 e. The summed E-state index contributed by atoms with van der Waals surface area (Å²) in [6.07, 6.45) is 0. The SMILES string of the molecule is C1CN(NCCN2CCOCC2)CCN1.CC.CC. The summed E-state index contributed by atoms with van der Waals surface area (Å²) >= 11 is 0. The first-order chi connectivity index (χ1) is 9.45. The normalized spacial score (nSPS) is 20.8. The smallest absolute Gasteiger partial charge is 0.0594 e. The molecule has 2 N–H and O–H groups in total. The van der Waals surface area contributed by atoms with Crippen molar-refractivity contribution in [1.82, 2.24) is 20.7 Å². The molecule has 0 aromatic rings. The maximum atomic E-state index is 5.32. The molecule has 2 heterocycles. The minimum Gasteiger partial charge on any atom is -0.379 e. The molecule has 0 atom stereocenters. The summed E-state index contributed by atoms with van der Waals surface area (Å²) in [5.41, 5.74) is 3.48. The van der Waals surface area contributed by atoms with Crippen molar-refractivity contribution in [1.29, 1.82) is 0 Å². The van der Waals surface area contributed by atoms with E-state index < -0.39 is 0 Å². The standard InChI is InChI=1S/C10H22N4O.2C2H6/c1-5-14(6-2-11-1)12-3-4-13-7-9-15-10-8-13;2*1-2/h11-12H,1-10H2;2*1-2H3. The van der Waals surface area contributed by atoms with E-state index in [2.05, 4.69) is 20.7 Å². The Hall–Kier alpha value is -0.200. The Morgan fingerprint density at radius 3 is 2.11 bits per heavy atom. The molecule has 0 unspecified atom stereocenters. The molecule has 19 heavy (non-hydrogen) atoms. The molecule has 2 aliphatic heterocycles. The van der Waals surface area contributed by atoms with Crippen molar-refractivity contribution in [3.8, 4) is 0 Å². The van der Waals surface area contributed by atoms with Gasteiger partial charge in [0.1, 0.15) is 0 Å². The summed E-state index contributed by atoms with van der Waals surface area (Å²) in [6.45, 7) is 18.6. The van der Waals surface area contributed by atoms with Crippen LogP contribution in [-0.4, -0.2) is 75.5 Å². The first-order valence-corrected chi connectivity index (χ1v) is 7.94. The van der Waals surface area contributed by atoms with E-state index >= 15 is 0 Å². The Bertz CT molecular complexity index is 151. The molecule has 0 radical (unpaired) electrons. The fraction of sp³-hybridized carbons (Fsp3) is 1.00. The molecule has 0 aliphatic carbocycles. The minimum atomic E-state index is 0.896. The molecule has 5 nitrogen and oxygen atoms in total. The van der Waals surface area contributed by atoms with Gasteiger partial charge in [-0.1, -0.05) is 27.7 Å². The molecule has 2 rings (SSSR count). The number of morpholine rings is 1. The third-order valence-electron chi connectivity index (χ3n) is 2.98. The van der Waals surface area contributed by atoms with Gasteiger partial charge >= 0.3 is 0 Å². The molecule has 5 heteroatoms. The molecule has 116 valence electrons. The highest BCUT2D eigenvalue weighted by molar-refractivity contribution is 4.66. The number of nitrogens with zero attached hydrogens (tertiary/aromatic N) is 2. The van der Waals surface area contributed by atoms with Crippen LogP contribution in [0.5, 0.6) is 0 Å². The molecule has 0 spiro atoms. The lowest BCUT2D eigenvalue weighted by Crippen LogP contribution is -2.52. The predicted molar refractivity (Wildman–Crippen MR) is 82.4 cm³/mol. The van der Waals surface area contributed by atoms with E-state index in [1.807, 2.05) is 27.7 Å². The van der Waals surface area contributed by atoms with Crippen LogP contribution in [0.3, 0.4) is 0 Å². The number of nitrogens with one attached hydrogen (secondary N) is 2. The summed E-state index contributed by atoms with van der Waals surface area (Å²) in [4.78, 5) is 2.46. The summed E-state index contributed by atoms with van der Waals surface area (Å²) in [7, 11) is 0. The van der Waals surface area contributed by atoms with Crippen LogP contribution in [-0.2, 0) is 4.74 Å². The lowest BCUT2D eigenvalue weighted by molar-refractivity contribution is 0.0346. The molecule has 0 bridgehead atoms. The van der Waals surface area contributed by atoms with Crippen molar-refractivity contribution in [2.24, 2.45) is 0 Å². The van der Waals surface area contributed by atoms with Crippen LogP contribution in [0.4, 0.5) is 0 Å². The molecular formula is C14H34N4O. The van der Waals surface area contributed by atoms with Gasteiger partial charge in [-0.05, 0) is 0 Å². The van der Waals surface area contributed by atoms with Gasteiger partial charge in [-0.3, -0.25) is 10.3 Å². The van der Waals surface area contributed by atoms with Crippen LogP contribution in [0.25, 0.3) is 0 Å². The van der Waals surface area contributed by atoms with Gasteiger partial charge in [0.15, 0.2) is 0 Å². The number of ether oxygens (including phenoxy) is 1. The van der Waals surface area contributed by atoms with Crippen molar-refractivity contribution in [3.63, 3.8) is 0 Å². The van der Waals surface area contributed by atoms with Crippen LogP contribution in [0.2, 0.25) is 0 Å². The van der Waals surface area contributed by atoms with E-state index in [1.165, 1.54) is 0 Å². The Morgan fingerprint density at radius 1 is 0.947 bits per heavy atom. The highest BCUT2D eigenvalue weighted by Gasteiger charge is 2.11. The summed E-state index contributed by atoms with van der Waals surface area (Å²) < 4.78 is 5.32. The first-order valence-electron chi connectivity index (χ1n) is 7.94. The zero-order valence-electron chi connectivity index (χ0n) is 13.4. The average Bonchev–Trinajstić information content (AvgIpc) is 2.53.